The predicted molar refractivity (Wildman–Crippen MR) is 65.2 cm³/mol. The number of hydrogen-bond donors (Lipinski definition) is 0. The Morgan fingerprint density at radius 1 is 1.47 bits per heavy atom. The summed E-state index contributed by atoms with van der Waals surface area (Å²) < 4.78 is 5.76. The van der Waals surface area contributed by atoms with Crippen molar-refractivity contribution in [2.75, 3.05) is 0 Å². The number of nitrogens with zero attached hydrogens (tertiary/aromatic N) is 1. The molecule has 4 nitrogen and oxygen atoms in total. The first-order valence-corrected chi connectivity index (χ1v) is 5.75. The van der Waals surface area contributed by atoms with Gasteiger partial charge in [-0.2, -0.15) is 0 Å². The molecule has 1 aromatic carbocycles. The Bertz CT molecular complexity index is 454. The van der Waals surface area contributed by atoms with Crippen molar-refractivity contribution in [3.05, 3.63) is 46.0 Å². The number of nitro groups is 1. The van der Waals surface area contributed by atoms with Crippen LogP contribution in [0.4, 0.5) is 5.69 Å². The molecule has 1 aromatic rings. The van der Waals surface area contributed by atoms with Gasteiger partial charge in [0.15, 0.2) is 0 Å². The number of aryl methyl sites for hydroxylation is 1. The summed E-state index contributed by atoms with van der Waals surface area (Å²) in [5.74, 6) is 0.699. The number of allylic oxidation sites excluding steroid dienone is 1. The van der Waals surface area contributed by atoms with Crippen molar-refractivity contribution in [3.8, 4) is 5.75 Å². The van der Waals surface area contributed by atoms with Gasteiger partial charge in [-0.25, -0.2) is 0 Å². The van der Waals surface area contributed by atoms with E-state index in [9.17, 15) is 10.1 Å². The Labute approximate surface area is 100 Å². The maximum atomic E-state index is 10.7. The van der Waals surface area contributed by atoms with Crippen LogP contribution < -0.4 is 4.74 Å². The summed E-state index contributed by atoms with van der Waals surface area (Å²) in [6, 6.07) is 4.88. The minimum Gasteiger partial charge on any atom is -0.486 e. The number of hydrogen-bond acceptors (Lipinski definition) is 3. The zero-order chi connectivity index (χ0) is 12.3. The molecule has 1 aliphatic carbocycles. The molecule has 0 N–H and O–H groups in total. The first kappa shape index (κ1) is 11.6. The van der Waals surface area contributed by atoms with Gasteiger partial charge in [0.25, 0.3) is 5.69 Å². The zero-order valence-corrected chi connectivity index (χ0v) is 9.76. The van der Waals surface area contributed by atoms with Crippen molar-refractivity contribution in [3.63, 3.8) is 0 Å². The van der Waals surface area contributed by atoms with E-state index in [1.165, 1.54) is 6.07 Å². The zero-order valence-electron chi connectivity index (χ0n) is 9.76. The van der Waals surface area contributed by atoms with Gasteiger partial charge in [0.2, 0.25) is 0 Å². The van der Waals surface area contributed by atoms with E-state index in [0.717, 1.165) is 19.3 Å². The molecule has 0 heterocycles. The van der Waals surface area contributed by atoms with Crippen LogP contribution in [0.15, 0.2) is 30.4 Å². The summed E-state index contributed by atoms with van der Waals surface area (Å²) in [5, 5.41) is 10.7. The molecular formula is C13H15NO3. The Balaban J connectivity index is 2.12. The largest absolute Gasteiger partial charge is 0.486 e. The van der Waals surface area contributed by atoms with Crippen molar-refractivity contribution >= 4 is 5.69 Å². The van der Waals surface area contributed by atoms with Crippen LogP contribution in [-0.2, 0) is 0 Å². The van der Waals surface area contributed by atoms with Crippen LogP contribution in [-0.4, -0.2) is 11.0 Å². The lowest BCUT2D eigenvalue weighted by Gasteiger charge is -2.18. The lowest BCUT2D eigenvalue weighted by molar-refractivity contribution is -0.385. The van der Waals surface area contributed by atoms with Crippen molar-refractivity contribution in [1.29, 1.82) is 0 Å². The third-order valence-corrected chi connectivity index (χ3v) is 2.86. The standard InChI is InChI=1S/C13H15NO3/c1-10-9-12(7-8-13(10)14(15)16)17-11-5-3-2-4-6-11/h3,5,7-9,11H,2,4,6H2,1H3. The molecule has 0 fully saturated rings. The van der Waals surface area contributed by atoms with Crippen LogP contribution in [0, 0.1) is 17.0 Å². The normalized spacial score (nSPS) is 19.0. The average Bonchev–Trinajstić information content (AvgIpc) is 2.30. The van der Waals surface area contributed by atoms with E-state index in [1.54, 1.807) is 19.1 Å². The molecule has 0 aromatic heterocycles. The number of benzene rings is 1. The van der Waals surface area contributed by atoms with E-state index < -0.39 is 0 Å². The maximum absolute atomic E-state index is 10.7. The van der Waals surface area contributed by atoms with Crippen molar-refractivity contribution in [2.45, 2.75) is 32.3 Å². The molecule has 0 aliphatic heterocycles. The molecule has 0 bridgehead atoms. The van der Waals surface area contributed by atoms with Gasteiger partial charge in [0.1, 0.15) is 11.9 Å². The second-order valence-electron chi connectivity index (χ2n) is 4.22. The van der Waals surface area contributed by atoms with Gasteiger partial charge < -0.3 is 4.74 Å². The molecule has 0 radical (unpaired) electrons. The number of rotatable bonds is 3. The lowest BCUT2D eigenvalue weighted by Crippen LogP contribution is -2.15. The van der Waals surface area contributed by atoms with Gasteiger partial charge in [-0.15, -0.1) is 0 Å². The fourth-order valence-electron chi connectivity index (χ4n) is 1.96. The van der Waals surface area contributed by atoms with Crippen LogP contribution in [0.1, 0.15) is 24.8 Å². The van der Waals surface area contributed by atoms with Gasteiger partial charge in [0.05, 0.1) is 4.92 Å². The average molecular weight is 233 g/mol. The molecule has 17 heavy (non-hydrogen) atoms. The third kappa shape index (κ3) is 2.84. The van der Waals surface area contributed by atoms with Gasteiger partial charge in [-0.3, -0.25) is 10.1 Å². The van der Waals surface area contributed by atoms with E-state index in [1.807, 2.05) is 0 Å². The smallest absolute Gasteiger partial charge is 0.272 e. The SMILES string of the molecule is Cc1cc(OC2C=CCCC2)ccc1[N+](=O)[O-]. The summed E-state index contributed by atoms with van der Waals surface area (Å²) in [6.07, 6.45) is 7.52. The van der Waals surface area contributed by atoms with Crippen LogP contribution >= 0.6 is 0 Å². The fraction of sp³-hybridized carbons (Fsp3) is 0.385. The van der Waals surface area contributed by atoms with Crippen molar-refractivity contribution < 1.29 is 9.66 Å². The molecule has 2 rings (SSSR count). The molecule has 0 amide bonds. The Morgan fingerprint density at radius 2 is 2.29 bits per heavy atom. The highest BCUT2D eigenvalue weighted by Crippen LogP contribution is 2.25. The molecular weight excluding hydrogens is 218 g/mol. The Hall–Kier alpha value is -1.84. The molecule has 1 unspecified atom stereocenters. The van der Waals surface area contributed by atoms with Gasteiger partial charge >= 0.3 is 0 Å². The number of ether oxygens (including phenoxy) is 1. The lowest BCUT2D eigenvalue weighted by atomic mass is 10.1. The summed E-state index contributed by atoms with van der Waals surface area (Å²) in [7, 11) is 0. The second-order valence-corrected chi connectivity index (χ2v) is 4.22. The van der Waals surface area contributed by atoms with Gasteiger partial charge in [-0.05, 0) is 44.4 Å². The topological polar surface area (TPSA) is 52.4 Å². The molecule has 1 aliphatic rings. The Kier molecular flexibility index (Phi) is 3.42. The minimum absolute atomic E-state index is 0.101. The van der Waals surface area contributed by atoms with Crippen LogP contribution in [0.3, 0.4) is 0 Å². The van der Waals surface area contributed by atoms with Crippen molar-refractivity contribution in [2.24, 2.45) is 0 Å². The van der Waals surface area contributed by atoms with Crippen LogP contribution in [0.25, 0.3) is 0 Å². The minimum atomic E-state index is -0.375. The molecule has 1 atom stereocenters. The summed E-state index contributed by atoms with van der Waals surface area (Å²) >= 11 is 0. The summed E-state index contributed by atoms with van der Waals surface area (Å²) in [5.41, 5.74) is 0.767. The summed E-state index contributed by atoms with van der Waals surface area (Å²) in [6.45, 7) is 1.72. The third-order valence-electron chi connectivity index (χ3n) is 2.86. The molecule has 90 valence electrons. The van der Waals surface area contributed by atoms with E-state index in [0.29, 0.717) is 11.3 Å². The van der Waals surface area contributed by atoms with E-state index in [4.69, 9.17) is 4.74 Å². The van der Waals surface area contributed by atoms with Gasteiger partial charge in [-0.1, -0.05) is 6.08 Å². The van der Waals surface area contributed by atoms with Crippen LogP contribution in [0.5, 0.6) is 5.75 Å². The maximum Gasteiger partial charge on any atom is 0.272 e. The number of nitro benzene ring substituents is 1. The van der Waals surface area contributed by atoms with E-state index in [-0.39, 0.29) is 16.7 Å². The highest BCUT2D eigenvalue weighted by molar-refractivity contribution is 5.44. The molecule has 0 saturated heterocycles. The van der Waals surface area contributed by atoms with Crippen molar-refractivity contribution in [1.82, 2.24) is 0 Å². The first-order chi connectivity index (χ1) is 8.16. The quantitative estimate of drug-likeness (QED) is 0.457. The Morgan fingerprint density at radius 3 is 2.88 bits per heavy atom. The molecule has 4 heteroatoms. The van der Waals surface area contributed by atoms with E-state index >= 15 is 0 Å². The van der Waals surface area contributed by atoms with E-state index in [2.05, 4.69) is 12.2 Å². The predicted octanol–water partition coefficient (Wildman–Crippen LogP) is 3.39. The molecule has 0 saturated carbocycles. The van der Waals surface area contributed by atoms with Gasteiger partial charge in [0, 0.05) is 11.6 Å². The highest BCUT2D eigenvalue weighted by atomic mass is 16.6. The monoisotopic (exact) mass is 233 g/mol. The fourth-order valence-corrected chi connectivity index (χ4v) is 1.96. The molecule has 0 spiro atoms. The summed E-state index contributed by atoms with van der Waals surface area (Å²) in [4.78, 5) is 10.3. The highest BCUT2D eigenvalue weighted by Gasteiger charge is 2.13. The second kappa shape index (κ2) is 4.99. The van der Waals surface area contributed by atoms with Crippen LogP contribution in [0.2, 0.25) is 0 Å². The first-order valence-electron chi connectivity index (χ1n) is 5.75.